The van der Waals surface area contributed by atoms with E-state index in [1.165, 1.54) is 6.92 Å². The predicted octanol–water partition coefficient (Wildman–Crippen LogP) is -2.25. The van der Waals surface area contributed by atoms with Gasteiger partial charge in [0.15, 0.2) is 6.23 Å². The van der Waals surface area contributed by atoms with Crippen LogP contribution in [0.3, 0.4) is 0 Å². The summed E-state index contributed by atoms with van der Waals surface area (Å²) in [6.45, 7) is 0.641. The number of aryl methyl sites for hydroxylation is 1. The molecular formula is C10H13FN2O6. The number of halogens is 1. The number of aromatic nitrogens is 2. The Hall–Kier alpha value is -1.55. The lowest BCUT2D eigenvalue weighted by atomic mass is 10.1. The lowest BCUT2D eigenvalue weighted by Crippen LogP contribution is -2.46. The van der Waals surface area contributed by atoms with Crippen LogP contribution in [0.15, 0.2) is 15.8 Å². The molecule has 9 heteroatoms. The SMILES string of the molecule is Cc1cn(C2O[C@@H](CO)[C@H](O)[C@]2(O)F)c(=O)[nH]c1=O. The number of H-pyrrole nitrogens is 1. The van der Waals surface area contributed by atoms with Crippen LogP contribution in [0.2, 0.25) is 0 Å². The summed E-state index contributed by atoms with van der Waals surface area (Å²) >= 11 is 0. The molecule has 0 aromatic carbocycles. The third kappa shape index (κ3) is 2.10. The maximum Gasteiger partial charge on any atom is 0.330 e. The van der Waals surface area contributed by atoms with Gasteiger partial charge in [0.05, 0.1) is 6.61 Å². The average molecular weight is 276 g/mol. The molecule has 0 radical (unpaired) electrons. The van der Waals surface area contributed by atoms with E-state index in [0.29, 0.717) is 4.57 Å². The van der Waals surface area contributed by atoms with Gasteiger partial charge in [0.25, 0.3) is 11.4 Å². The van der Waals surface area contributed by atoms with E-state index < -0.39 is 42.1 Å². The summed E-state index contributed by atoms with van der Waals surface area (Å²) in [5.74, 6) is -3.26. The Balaban J connectivity index is 2.51. The van der Waals surface area contributed by atoms with E-state index in [-0.39, 0.29) is 5.56 Å². The van der Waals surface area contributed by atoms with E-state index in [9.17, 15) is 24.2 Å². The van der Waals surface area contributed by atoms with Gasteiger partial charge in [-0.2, -0.15) is 0 Å². The van der Waals surface area contributed by atoms with Crippen LogP contribution >= 0.6 is 0 Å². The molecule has 0 aliphatic carbocycles. The van der Waals surface area contributed by atoms with Gasteiger partial charge in [0.2, 0.25) is 0 Å². The number of nitrogens with zero attached hydrogens (tertiary/aromatic N) is 1. The van der Waals surface area contributed by atoms with Gasteiger partial charge in [0, 0.05) is 11.8 Å². The van der Waals surface area contributed by atoms with Crippen LogP contribution in [0.25, 0.3) is 0 Å². The Morgan fingerprint density at radius 3 is 2.74 bits per heavy atom. The molecule has 4 N–H and O–H groups in total. The Morgan fingerprint density at radius 2 is 2.21 bits per heavy atom. The van der Waals surface area contributed by atoms with Gasteiger partial charge in [0.1, 0.15) is 12.2 Å². The van der Waals surface area contributed by atoms with Crippen molar-refractivity contribution in [2.24, 2.45) is 0 Å². The summed E-state index contributed by atoms with van der Waals surface area (Å²) < 4.78 is 19.6. The van der Waals surface area contributed by atoms with Gasteiger partial charge in [-0.15, -0.1) is 0 Å². The number of hydrogen-bond acceptors (Lipinski definition) is 6. The van der Waals surface area contributed by atoms with Crippen LogP contribution in [-0.4, -0.2) is 49.5 Å². The number of nitrogens with one attached hydrogen (secondary N) is 1. The normalized spacial score (nSPS) is 34.7. The fourth-order valence-electron chi connectivity index (χ4n) is 1.91. The highest BCUT2D eigenvalue weighted by Gasteiger charge is 2.57. The van der Waals surface area contributed by atoms with Crippen molar-refractivity contribution in [2.75, 3.05) is 6.61 Å². The third-order valence-corrected chi connectivity index (χ3v) is 3.00. The molecule has 1 unspecified atom stereocenters. The van der Waals surface area contributed by atoms with Crippen LogP contribution in [0.1, 0.15) is 11.8 Å². The summed E-state index contributed by atoms with van der Waals surface area (Å²) in [5.41, 5.74) is -1.55. The molecule has 0 saturated carbocycles. The monoisotopic (exact) mass is 276 g/mol. The number of ether oxygens (including phenoxy) is 1. The first kappa shape index (κ1) is 13.9. The maximum absolute atomic E-state index is 14.0. The molecule has 1 saturated heterocycles. The van der Waals surface area contributed by atoms with E-state index in [1.54, 1.807) is 0 Å². The summed E-state index contributed by atoms with van der Waals surface area (Å²) in [4.78, 5) is 24.7. The molecule has 1 aliphatic heterocycles. The second-order valence-electron chi connectivity index (χ2n) is 4.36. The summed E-state index contributed by atoms with van der Waals surface area (Å²) in [6, 6.07) is 0. The van der Waals surface area contributed by atoms with Gasteiger partial charge in [-0.3, -0.25) is 14.3 Å². The van der Waals surface area contributed by atoms with E-state index >= 15 is 0 Å². The Labute approximate surface area is 105 Å². The summed E-state index contributed by atoms with van der Waals surface area (Å²) in [5, 5.41) is 27.9. The van der Waals surface area contributed by atoms with Crippen molar-refractivity contribution in [1.29, 1.82) is 0 Å². The van der Waals surface area contributed by atoms with Crippen molar-refractivity contribution in [1.82, 2.24) is 9.55 Å². The van der Waals surface area contributed by atoms with Crippen LogP contribution in [0.4, 0.5) is 4.39 Å². The first-order chi connectivity index (χ1) is 8.78. The molecule has 0 spiro atoms. The maximum atomic E-state index is 14.0. The van der Waals surface area contributed by atoms with Crippen molar-refractivity contribution in [3.05, 3.63) is 32.6 Å². The number of aliphatic hydroxyl groups is 3. The summed E-state index contributed by atoms with van der Waals surface area (Å²) in [7, 11) is 0. The number of alkyl halides is 1. The quantitative estimate of drug-likeness (QED) is 0.484. The molecule has 1 aliphatic rings. The van der Waals surface area contributed by atoms with Gasteiger partial charge in [-0.05, 0) is 6.92 Å². The van der Waals surface area contributed by atoms with Crippen LogP contribution < -0.4 is 11.2 Å². The van der Waals surface area contributed by atoms with Crippen LogP contribution in [-0.2, 0) is 4.74 Å². The first-order valence-electron chi connectivity index (χ1n) is 5.46. The minimum atomic E-state index is -3.26. The Bertz CT molecular complexity index is 594. The fourth-order valence-corrected chi connectivity index (χ4v) is 1.91. The summed E-state index contributed by atoms with van der Waals surface area (Å²) in [6.07, 6.45) is -4.24. The Morgan fingerprint density at radius 1 is 1.58 bits per heavy atom. The number of aliphatic hydroxyl groups excluding tert-OH is 2. The standard InChI is InChI=1S/C10H13FN2O6/c1-4-2-13(9(17)12-7(4)16)8-10(11,18)6(15)5(3-14)19-8/h2,5-6,8,14-15,18H,3H2,1H3,(H,12,16,17)/t5-,6-,8?,10+/m0/s1. The number of hydrogen-bond donors (Lipinski definition) is 4. The molecule has 8 nitrogen and oxygen atoms in total. The number of rotatable bonds is 2. The largest absolute Gasteiger partial charge is 0.394 e. The topological polar surface area (TPSA) is 125 Å². The number of aromatic amines is 1. The van der Waals surface area contributed by atoms with E-state index in [0.717, 1.165) is 6.20 Å². The molecule has 0 bridgehead atoms. The van der Waals surface area contributed by atoms with E-state index in [4.69, 9.17) is 9.84 Å². The highest BCUT2D eigenvalue weighted by atomic mass is 19.2. The van der Waals surface area contributed by atoms with Crippen LogP contribution in [0.5, 0.6) is 0 Å². The molecule has 1 aromatic rings. The van der Waals surface area contributed by atoms with Crippen molar-refractivity contribution < 1.29 is 24.4 Å². The predicted molar refractivity (Wildman–Crippen MR) is 59.1 cm³/mol. The zero-order valence-corrected chi connectivity index (χ0v) is 9.91. The van der Waals surface area contributed by atoms with Crippen molar-refractivity contribution in [3.8, 4) is 0 Å². The zero-order chi connectivity index (χ0) is 14.4. The van der Waals surface area contributed by atoms with Crippen LogP contribution in [0, 0.1) is 6.92 Å². The lowest BCUT2D eigenvalue weighted by Gasteiger charge is -2.23. The molecule has 1 aromatic heterocycles. The second-order valence-corrected chi connectivity index (χ2v) is 4.36. The molecule has 1 fully saturated rings. The first-order valence-corrected chi connectivity index (χ1v) is 5.46. The van der Waals surface area contributed by atoms with Crippen molar-refractivity contribution >= 4 is 0 Å². The van der Waals surface area contributed by atoms with Gasteiger partial charge in [-0.25, -0.2) is 9.18 Å². The molecule has 4 atom stereocenters. The minimum absolute atomic E-state index is 0.0981. The van der Waals surface area contributed by atoms with Gasteiger partial charge < -0.3 is 20.1 Å². The second kappa shape index (κ2) is 4.53. The van der Waals surface area contributed by atoms with E-state index in [1.807, 2.05) is 4.98 Å². The third-order valence-electron chi connectivity index (χ3n) is 3.00. The molecule has 19 heavy (non-hydrogen) atoms. The smallest absolute Gasteiger partial charge is 0.330 e. The molecule has 2 rings (SSSR count). The zero-order valence-electron chi connectivity index (χ0n) is 9.91. The van der Waals surface area contributed by atoms with Crippen molar-refractivity contribution in [3.63, 3.8) is 0 Å². The van der Waals surface area contributed by atoms with Crippen molar-refractivity contribution in [2.45, 2.75) is 31.2 Å². The molecule has 2 heterocycles. The van der Waals surface area contributed by atoms with E-state index in [2.05, 4.69) is 0 Å². The van der Waals surface area contributed by atoms with Gasteiger partial charge >= 0.3 is 5.69 Å². The fraction of sp³-hybridized carbons (Fsp3) is 0.600. The lowest BCUT2D eigenvalue weighted by molar-refractivity contribution is -0.197. The minimum Gasteiger partial charge on any atom is -0.394 e. The average Bonchev–Trinajstić information content (AvgIpc) is 2.56. The highest BCUT2D eigenvalue weighted by Crippen LogP contribution is 2.38. The molecule has 106 valence electrons. The highest BCUT2D eigenvalue weighted by molar-refractivity contribution is 5.04. The van der Waals surface area contributed by atoms with Gasteiger partial charge in [-0.1, -0.05) is 0 Å². The molecular weight excluding hydrogens is 263 g/mol. The Kier molecular flexibility index (Phi) is 3.31. The molecule has 0 amide bonds.